The van der Waals surface area contributed by atoms with Gasteiger partial charge in [-0.25, -0.2) is 4.98 Å². The number of thiophene rings is 1. The summed E-state index contributed by atoms with van der Waals surface area (Å²) in [6, 6.07) is 8.55. The number of benzene rings is 1. The minimum absolute atomic E-state index is 0.0309. The minimum Gasteiger partial charge on any atom is -0.361 e. The Kier molecular flexibility index (Phi) is 4.38. The summed E-state index contributed by atoms with van der Waals surface area (Å²) in [6.07, 6.45) is 1.96. The zero-order valence-electron chi connectivity index (χ0n) is 15.2. The first-order valence-corrected chi connectivity index (χ1v) is 9.64. The van der Waals surface area contributed by atoms with E-state index in [1.807, 2.05) is 20.0 Å². The van der Waals surface area contributed by atoms with E-state index in [0.29, 0.717) is 6.54 Å². The topological polar surface area (TPSA) is 64.8 Å². The summed E-state index contributed by atoms with van der Waals surface area (Å²) >= 11 is 1.60. The van der Waals surface area contributed by atoms with Gasteiger partial charge in [-0.05, 0) is 55.1 Å². The normalized spacial score (nSPS) is 11.8. The van der Waals surface area contributed by atoms with Gasteiger partial charge in [0.1, 0.15) is 10.7 Å². The molecule has 26 heavy (non-hydrogen) atoms. The van der Waals surface area contributed by atoms with E-state index in [-0.39, 0.29) is 5.56 Å². The van der Waals surface area contributed by atoms with Crippen LogP contribution in [0.15, 0.2) is 35.3 Å². The summed E-state index contributed by atoms with van der Waals surface area (Å²) in [5.74, 6) is 0.730. The van der Waals surface area contributed by atoms with E-state index in [1.54, 1.807) is 11.3 Å². The molecular weight excluding hydrogens is 344 g/mol. The highest BCUT2D eigenvalue weighted by atomic mass is 32.1. The van der Waals surface area contributed by atoms with E-state index < -0.39 is 0 Å². The second kappa shape index (κ2) is 6.70. The predicted molar refractivity (Wildman–Crippen MR) is 108 cm³/mol. The molecule has 0 aliphatic rings. The molecule has 6 heteroatoms. The van der Waals surface area contributed by atoms with Crippen LogP contribution >= 0.6 is 11.3 Å². The van der Waals surface area contributed by atoms with E-state index in [1.165, 1.54) is 10.9 Å². The highest BCUT2D eigenvalue weighted by Crippen LogP contribution is 2.26. The molecule has 4 rings (SSSR count). The van der Waals surface area contributed by atoms with Gasteiger partial charge >= 0.3 is 0 Å². The van der Waals surface area contributed by atoms with Crippen molar-refractivity contribution in [1.29, 1.82) is 0 Å². The van der Waals surface area contributed by atoms with Gasteiger partial charge in [-0.3, -0.25) is 9.69 Å². The Labute approximate surface area is 155 Å². The highest BCUT2D eigenvalue weighted by molar-refractivity contribution is 7.18. The maximum atomic E-state index is 12.5. The number of fused-ring (bicyclic) bond motifs is 2. The summed E-state index contributed by atoms with van der Waals surface area (Å²) < 4.78 is 0. The van der Waals surface area contributed by atoms with Crippen molar-refractivity contribution in [1.82, 2.24) is 19.9 Å². The average Bonchev–Trinajstić information content (AvgIpc) is 3.18. The number of H-pyrrole nitrogens is 2. The molecule has 0 saturated heterocycles. The van der Waals surface area contributed by atoms with Crippen LogP contribution in [0.4, 0.5) is 0 Å². The molecule has 0 bridgehead atoms. The van der Waals surface area contributed by atoms with Crippen molar-refractivity contribution in [2.45, 2.75) is 33.9 Å². The molecule has 0 fully saturated rings. The van der Waals surface area contributed by atoms with Gasteiger partial charge in [0, 0.05) is 23.1 Å². The highest BCUT2D eigenvalue weighted by Gasteiger charge is 2.14. The fourth-order valence-electron chi connectivity index (χ4n) is 3.32. The van der Waals surface area contributed by atoms with E-state index in [2.05, 4.69) is 46.1 Å². The Morgan fingerprint density at radius 3 is 2.85 bits per heavy atom. The average molecular weight is 366 g/mol. The van der Waals surface area contributed by atoms with E-state index >= 15 is 0 Å². The molecule has 4 aromatic rings. The molecule has 5 nitrogen and oxygen atoms in total. The van der Waals surface area contributed by atoms with Gasteiger partial charge in [0.25, 0.3) is 5.56 Å². The van der Waals surface area contributed by atoms with Crippen LogP contribution in [0, 0.1) is 13.8 Å². The van der Waals surface area contributed by atoms with Crippen LogP contribution in [-0.2, 0) is 13.1 Å². The number of aryl methyl sites for hydroxylation is 2. The van der Waals surface area contributed by atoms with Crippen LogP contribution in [0.1, 0.15) is 28.8 Å². The number of rotatable bonds is 5. The van der Waals surface area contributed by atoms with Crippen LogP contribution in [0.5, 0.6) is 0 Å². The van der Waals surface area contributed by atoms with Crippen LogP contribution in [0.25, 0.3) is 21.1 Å². The second-order valence-corrected chi connectivity index (χ2v) is 7.88. The van der Waals surface area contributed by atoms with Crippen LogP contribution < -0.4 is 5.56 Å². The smallest absolute Gasteiger partial charge is 0.259 e. The van der Waals surface area contributed by atoms with Crippen molar-refractivity contribution >= 4 is 32.5 Å². The quantitative estimate of drug-likeness (QED) is 0.559. The van der Waals surface area contributed by atoms with E-state index in [4.69, 9.17) is 4.98 Å². The summed E-state index contributed by atoms with van der Waals surface area (Å²) in [5.41, 5.74) is 3.41. The molecule has 2 N–H and O–H groups in total. The van der Waals surface area contributed by atoms with Crippen molar-refractivity contribution in [2.75, 3.05) is 6.54 Å². The Hall–Kier alpha value is -2.44. The van der Waals surface area contributed by atoms with Crippen LogP contribution in [0.2, 0.25) is 0 Å². The Balaban J connectivity index is 1.59. The molecule has 0 aliphatic heterocycles. The SMILES string of the molecule is CCN(Cc1ccc2[nH]ccc2c1)Cc1nc2sc(C)c(C)c2c(=O)[nH]1. The van der Waals surface area contributed by atoms with Gasteiger partial charge in [0.2, 0.25) is 0 Å². The molecule has 1 aromatic carbocycles. The van der Waals surface area contributed by atoms with Gasteiger partial charge < -0.3 is 9.97 Å². The minimum atomic E-state index is -0.0309. The molecule has 3 aromatic heterocycles. The van der Waals surface area contributed by atoms with Gasteiger partial charge in [-0.2, -0.15) is 0 Å². The first-order valence-electron chi connectivity index (χ1n) is 8.82. The zero-order valence-corrected chi connectivity index (χ0v) is 16.0. The number of nitrogens with one attached hydrogen (secondary N) is 2. The lowest BCUT2D eigenvalue weighted by Gasteiger charge is -2.20. The maximum Gasteiger partial charge on any atom is 0.259 e. The fourth-order valence-corrected chi connectivity index (χ4v) is 4.37. The Morgan fingerprint density at radius 2 is 2.04 bits per heavy atom. The molecule has 134 valence electrons. The zero-order chi connectivity index (χ0) is 18.3. The number of nitrogens with zero attached hydrogens (tertiary/aromatic N) is 2. The molecular formula is C20H22N4OS. The number of hydrogen-bond donors (Lipinski definition) is 2. The van der Waals surface area contributed by atoms with Crippen molar-refractivity contribution < 1.29 is 0 Å². The summed E-state index contributed by atoms with van der Waals surface area (Å²) in [4.78, 5) is 27.6. The van der Waals surface area contributed by atoms with E-state index in [9.17, 15) is 4.79 Å². The third kappa shape index (κ3) is 3.06. The predicted octanol–water partition coefficient (Wildman–Crippen LogP) is 4.10. The largest absolute Gasteiger partial charge is 0.361 e. The van der Waals surface area contributed by atoms with Crippen molar-refractivity contribution in [2.24, 2.45) is 0 Å². The lowest BCUT2D eigenvalue weighted by molar-refractivity contribution is 0.264. The van der Waals surface area contributed by atoms with Gasteiger partial charge in [0.05, 0.1) is 11.9 Å². The summed E-state index contributed by atoms with van der Waals surface area (Å²) in [7, 11) is 0. The van der Waals surface area contributed by atoms with Gasteiger partial charge in [-0.1, -0.05) is 13.0 Å². The molecule has 3 heterocycles. The lowest BCUT2D eigenvalue weighted by atomic mass is 10.1. The van der Waals surface area contributed by atoms with Crippen LogP contribution in [-0.4, -0.2) is 26.4 Å². The molecule has 0 aliphatic carbocycles. The van der Waals surface area contributed by atoms with Crippen molar-refractivity contribution in [3.63, 3.8) is 0 Å². The van der Waals surface area contributed by atoms with Crippen molar-refractivity contribution in [3.05, 3.63) is 62.6 Å². The lowest BCUT2D eigenvalue weighted by Crippen LogP contribution is -2.25. The maximum absolute atomic E-state index is 12.5. The molecule has 0 unspecified atom stereocenters. The van der Waals surface area contributed by atoms with Gasteiger partial charge in [0.15, 0.2) is 0 Å². The second-order valence-electron chi connectivity index (χ2n) is 6.68. The number of aromatic nitrogens is 3. The van der Waals surface area contributed by atoms with Crippen LogP contribution in [0.3, 0.4) is 0 Å². The molecule has 0 radical (unpaired) electrons. The Morgan fingerprint density at radius 1 is 1.19 bits per heavy atom. The molecule has 0 saturated carbocycles. The monoisotopic (exact) mass is 366 g/mol. The fraction of sp³-hybridized carbons (Fsp3) is 0.300. The summed E-state index contributed by atoms with van der Waals surface area (Å²) in [6.45, 7) is 8.49. The number of aromatic amines is 2. The third-order valence-corrected chi connectivity index (χ3v) is 6.03. The first-order chi connectivity index (χ1) is 12.5. The molecule has 0 atom stereocenters. The Bertz CT molecular complexity index is 1140. The first kappa shape index (κ1) is 17.0. The third-order valence-electron chi connectivity index (χ3n) is 4.93. The molecule has 0 spiro atoms. The van der Waals surface area contributed by atoms with Crippen molar-refractivity contribution in [3.8, 4) is 0 Å². The standard InChI is InChI=1S/C20H22N4OS/c1-4-24(10-14-5-6-16-15(9-14)7-8-21-16)11-17-22-19(25)18-12(2)13(3)26-20(18)23-17/h5-9,21H,4,10-11H2,1-3H3,(H,22,23,25). The number of hydrogen-bond acceptors (Lipinski definition) is 4. The molecule has 0 amide bonds. The van der Waals surface area contributed by atoms with Gasteiger partial charge in [-0.15, -0.1) is 11.3 Å². The summed E-state index contributed by atoms with van der Waals surface area (Å²) in [5, 5.41) is 1.95. The van der Waals surface area contributed by atoms with E-state index in [0.717, 1.165) is 45.1 Å².